The van der Waals surface area contributed by atoms with Gasteiger partial charge in [0.2, 0.25) is 0 Å². The average Bonchev–Trinajstić information content (AvgIpc) is 3.30. The maximum absolute atomic E-state index is 12.4. The molecule has 7 heteroatoms. The Balaban J connectivity index is 2.06. The molecule has 1 saturated heterocycles. The van der Waals surface area contributed by atoms with Crippen LogP contribution in [0.15, 0.2) is 18.2 Å². The van der Waals surface area contributed by atoms with E-state index in [1.807, 2.05) is 32.5 Å². The molecule has 121 valence electrons. The molecule has 2 aliphatic rings. The summed E-state index contributed by atoms with van der Waals surface area (Å²) in [6.45, 7) is 0.815. The number of carbonyl (C=O) groups excluding carboxylic acids is 1. The van der Waals surface area contributed by atoms with Crippen LogP contribution in [0.25, 0.3) is 0 Å². The van der Waals surface area contributed by atoms with Crippen molar-refractivity contribution in [1.82, 2.24) is 5.32 Å². The van der Waals surface area contributed by atoms with Crippen LogP contribution in [-0.4, -0.2) is 56.6 Å². The first kappa shape index (κ1) is 17.5. The van der Waals surface area contributed by atoms with Crippen LogP contribution < -0.4 is 14.8 Å². The Bertz CT molecular complexity index is 656. The van der Waals surface area contributed by atoms with Crippen LogP contribution in [0.1, 0.15) is 18.4 Å². The largest absolute Gasteiger partial charge is 0.493 e. The SMILES string of the molecule is [B]C1CC(CCNC)(c2ccc(OC)c(OC)c2)C2[B]C2([B])C1=O. The summed E-state index contributed by atoms with van der Waals surface area (Å²) in [6, 6.07) is 5.92. The number of hydrogen-bond acceptors (Lipinski definition) is 4. The number of Topliss-reactive ketones (excluding diaryl/α,β-unsaturated/α-hetero) is 1. The van der Waals surface area contributed by atoms with Crippen molar-refractivity contribution >= 4 is 28.8 Å². The Morgan fingerprint density at radius 3 is 2.67 bits per heavy atom. The van der Waals surface area contributed by atoms with Crippen LogP contribution in [0.5, 0.6) is 11.5 Å². The maximum atomic E-state index is 12.4. The third kappa shape index (κ3) is 2.48. The Hall–Kier alpha value is -1.36. The second-order valence-electron chi connectivity index (χ2n) is 6.83. The summed E-state index contributed by atoms with van der Waals surface area (Å²) in [6.07, 6.45) is 1.43. The normalized spacial score (nSPS) is 34.2. The molecule has 0 bridgehead atoms. The average molecular weight is 320 g/mol. The fraction of sp³-hybridized carbons (Fsp3) is 0.588. The number of carbonyl (C=O) groups is 1. The minimum atomic E-state index is -0.890. The topological polar surface area (TPSA) is 47.6 Å². The third-order valence-electron chi connectivity index (χ3n) is 5.57. The number of methoxy groups -OCH3 is 2. The van der Waals surface area contributed by atoms with E-state index in [1.165, 1.54) is 0 Å². The van der Waals surface area contributed by atoms with E-state index in [-0.39, 0.29) is 17.0 Å². The Kier molecular flexibility index (Phi) is 4.50. The van der Waals surface area contributed by atoms with Crippen LogP contribution in [0.2, 0.25) is 16.8 Å². The van der Waals surface area contributed by atoms with E-state index in [0.717, 1.165) is 18.5 Å². The van der Waals surface area contributed by atoms with Crippen molar-refractivity contribution in [1.29, 1.82) is 0 Å². The molecular weight excluding hydrogens is 299 g/mol. The van der Waals surface area contributed by atoms with Crippen LogP contribution >= 0.6 is 0 Å². The van der Waals surface area contributed by atoms with Gasteiger partial charge >= 0.3 is 0 Å². The summed E-state index contributed by atoms with van der Waals surface area (Å²) in [5, 5.41) is 2.31. The highest BCUT2D eigenvalue weighted by Gasteiger charge is 2.67. The number of rotatable bonds is 6. The highest BCUT2D eigenvalue weighted by Crippen LogP contribution is 2.71. The lowest BCUT2D eigenvalue weighted by Gasteiger charge is -2.44. The molecule has 4 atom stereocenters. The smallest absolute Gasteiger partial charge is 0.161 e. The zero-order valence-corrected chi connectivity index (χ0v) is 14.5. The van der Waals surface area contributed by atoms with Gasteiger partial charge in [-0.05, 0) is 60.6 Å². The molecule has 5 radical (unpaired) electrons. The molecule has 0 aromatic heterocycles. The maximum Gasteiger partial charge on any atom is 0.161 e. The number of fused-ring (bicyclic) bond motifs is 1. The lowest BCUT2D eigenvalue weighted by molar-refractivity contribution is -0.121. The zero-order valence-electron chi connectivity index (χ0n) is 14.5. The van der Waals surface area contributed by atoms with Crippen LogP contribution in [0.3, 0.4) is 0 Å². The summed E-state index contributed by atoms with van der Waals surface area (Å²) in [5.74, 6) is 0.763. The van der Waals surface area contributed by atoms with E-state index >= 15 is 0 Å². The van der Waals surface area contributed by atoms with E-state index in [0.29, 0.717) is 17.9 Å². The van der Waals surface area contributed by atoms with Gasteiger partial charge in [0.25, 0.3) is 0 Å². The first-order valence-electron chi connectivity index (χ1n) is 8.25. The fourth-order valence-electron chi connectivity index (χ4n) is 4.21. The van der Waals surface area contributed by atoms with Crippen molar-refractivity contribution in [2.75, 3.05) is 27.8 Å². The summed E-state index contributed by atoms with van der Waals surface area (Å²) < 4.78 is 10.8. The van der Waals surface area contributed by atoms with Gasteiger partial charge in [0.1, 0.15) is 13.1 Å². The lowest BCUT2D eigenvalue weighted by atomic mass is 9.52. The molecule has 1 aromatic rings. The molecule has 4 nitrogen and oxygen atoms in total. The van der Waals surface area contributed by atoms with Crippen molar-refractivity contribution in [3.63, 3.8) is 0 Å². The van der Waals surface area contributed by atoms with Crippen molar-refractivity contribution in [2.24, 2.45) is 0 Å². The lowest BCUT2D eigenvalue weighted by Crippen LogP contribution is -2.39. The van der Waals surface area contributed by atoms with E-state index in [9.17, 15) is 4.79 Å². The number of ketones is 1. The van der Waals surface area contributed by atoms with Crippen molar-refractivity contribution in [2.45, 2.75) is 35.1 Å². The molecule has 24 heavy (non-hydrogen) atoms. The van der Waals surface area contributed by atoms with Gasteiger partial charge in [-0.25, -0.2) is 0 Å². The summed E-state index contributed by atoms with van der Waals surface area (Å²) >= 11 is 0. The van der Waals surface area contributed by atoms with Gasteiger partial charge in [-0.2, -0.15) is 0 Å². The fourth-order valence-corrected chi connectivity index (χ4v) is 4.21. The predicted molar refractivity (Wildman–Crippen MR) is 96.8 cm³/mol. The van der Waals surface area contributed by atoms with Gasteiger partial charge in [0.05, 0.1) is 29.9 Å². The van der Waals surface area contributed by atoms with Gasteiger partial charge in [0.15, 0.2) is 11.5 Å². The molecule has 4 unspecified atom stereocenters. The minimum absolute atomic E-state index is 0.00347. The second-order valence-corrected chi connectivity index (χ2v) is 6.83. The number of nitrogens with one attached hydrogen (secondary N) is 1. The molecule has 1 heterocycles. The first-order valence-corrected chi connectivity index (χ1v) is 8.25. The van der Waals surface area contributed by atoms with Gasteiger partial charge < -0.3 is 19.6 Å². The molecule has 0 amide bonds. The molecule has 1 aromatic carbocycles. The quantitative estimate of drug-likeness (QED) is 0.802. The van der Waals surface area contributed by atoms with Crippen LogP contribution in [-0.2, 0) is 10.2 Å². The molecule has 1 aliphatic carbocycles. The highest BCUT2D eigenvalue weighted by molar-refractivity contribution is 6.79. The van der Waals surface area contributed by atoms with Gasteiger partial charge in [-0.3, -0.25) is 0 Å². The second kappa shape index (κ2) is 6.18. The molecule has 0 spiro atoms. The van der Waals surface area contributed by atoms with Gasteiger partial charge in [0, 0.05) is 0 Å². The first-order chi connectivity index (χ1) is 11.4. The van der Waals surface area contributed by atoms with Crippen molar-refractivity contribution < 1.29 is 14.3 Å². The molecule has 2 fully saturated rings. The Morgan fingerprint density at radius 1 is 1.33 bits per heavy atom. The number of ether oxygens (including phenoxy) is 2. The monoisotopic (exact) mass is 320 g/mol. The zero-order chi connectivity index (χ0) is 17.5. The summed E-state index contributed by atoms with van der Waals surface area (Å²) in [7, 11) is 19.6. The van der Waals surface area contributed by atoms with E-state index in [4.69, 9.17) is 25.2 Å². The van der Waals surface area contributed by atoms with E-state index in [2.05, 4.69) is 5.32 Å². The predicted octanol–water partition coefficient (Wildman–Crippen LogP) is 1.27. The van der Waals surface area contributed by atoms with Gasteiger partial charge in [-0.1, -0.05) is 11.9 Å². The van der Waals surface area contributed by atoms with Crippen LogP contribution in [0, 0.1) is 0 Å². The standard InChI is InChI=1S/C17H21B3NO3/c1-21-7-6-16(9-11(18)14(22)17(19)15(16)20-17)10-4-5-12(23-2)13(8-10)24-3/h4-5,8,11,15,21H,6-7,9H2,1-3H3. The highest BCUT2D eigenvalue weighted by atomic mass is 16.5. The third-order valence-corrected chi connectivity index (χ3v) is 5.57. The van der Waals surface area contributed by atoms with Crippen molar-refractivity contribution in [3.8, 4) is 11.5 Å². The molecule has 1 saturated carbocycles. The van der Waals surface area contributed by atoms with Crippen LogP contribution in [0.4, 0.5) is 0 Å². The summed E-state index contributed by atoms with van der Waals surface area (Å²) in [5.41, 5.74) is 0.817. The molecule has 1 N–H and O–H groups in total. The molecular formula is C17H21B3NO3. The minimum Gasteiger partial charge on any atom is -0.493 e. The summed E-state index contributed by atoms with van der Waals surface area (Å²) in [4.78, 5) is 12.4. The van der Waals surface area contributed by atoms with Gasteiger partial charge in [-0.15, -0.1) is 0 Å². The Labute approximate surface area is 147 Å². The number of hydrogen-bond donors (Lipinski definition) is 1. The Morgan fingerprint density at radius 2 is 2.04 bits per heavy atom. The van der Waals surface area contributed by atoms with Crippen molar-refractivity contribution in [3.05, 3.63) is 23.8 Å². The van der Waals surface area contributed by atoms with E-state index < -0.39 is 11.0 Å². The number of benzene rings is 1. The van der Waals surface area contributed by atoms with E-state index in [1.54, 1.807) is 14.2 Å². The molecule has 1 aliphatic heterocycles. The molecule has 3 rings (SSSR count).